The zero-order valence-corrected chi connectivity index (χ0v) is 12.7. The number of ether oxygens (including phenoxy) is 1. The molecule has 116 valence electrons. The second-order valence-electron chi connectivity index (χ2n) is 6.50. The first-order chi connectivity index (χ1) is 9.76. The van der Waals surface area contributed by atoms with Gasteiger partial charge in [0.2, 0.25) is 0 Å². The Morgan fingerprint density at radius 3 is 2.81 bits per heavy atom. The largest absolute Gasteiger partial charge is 0.444 e. The summed E-state index contributed by atoms with van der Waals surface area (Å²) < 4.78 is 5.37. The summed E-state index contributed by atoms with van der Waals surface area (Å²) in [6.45, 7) is 5.99. The van der Waals surface area contributed by atoms with Crippen LogP contribution in [0.2, 0.25) is 0 Å². The molecule has 1 saturated heterocycles. The molecule has 1 aliphatic heterocycles. The van der Waals surface area contributed by atoms with Gasteiger partial charge in [-0.15, -0.1) is 0 Å². The molecule has 0 saturated carbocycles. The summed E-state index contributed by atoms with van der Waals surface area (Å²) in [6, 6.07) is 5.48. The summed E-state index contributed by atoms with van der Waals surface area (Å²) in [6.07, 6.45) is 1.25. The van der Waals surface area contributed by atoms with Gasteiger partial charge >= 0.3 is 6.09 Å². The van der Waals surface area contributed by atoms with Crippen molar-refractivity contribution in [3.8, 4) is 0 Å². The van der Waals surface area contributed by atoms with Gasteiger partial charge in [-0.3, -0.25) is 4.98 Å². The number of likely N-dealkylation sites (tertiary alicyclic amines) is 1. The average Bonchev–Trinajstić information content (AvgIpc) is 2.76. The van der Waals surface area contributed by atoms with Crippen molar-refractivity contribution in [1.82, 2.24) is 9.88 Å². The minimum atomic E-state index is -0.854. The summed E-state index contributed by atoms with van der Waals surface area (Å²) in [5.41, 5.74) is 5.72. The monoisotopic (exact) mass is 293 g/mol. The molecule has 0 spiro atoms. The summed E-state index contributed by atoms with van der Waals surface area (Å²) in [7, 11) is 0. The van der Waals surface area contributed by atoms with Gasteiger partial charge in [-0.1, -0.05) is 6.07 Å². The number of hydrogen-bond donors (Lipinski definition) is 2. The minimum absolute atomic E-state index is 0.105. The number of aliphatic hydroxyl groups is 1. The van der Waals surface area contributed by atoms with E-state index in [1.165, 1.54) is 0 Å². The van der Waals surface area contributed by atoms with Gasteiger partial charge in [-0.05, 0) is 32.9 Å². The van der Waals surface area contributed by atoms with Crippen LogP contribution in [0, 0.1) is 5.92 Å². The number of pyridine rings is 1. The van der Waals surface area contributed by atoms with Crippen LogP contribution < -0.4 is 5.73 Å². The second-order valence-corrected chi connectivity index (χ2v) is 6.50. The number of aromatic nitrogens is 1. The number of amides is 1. The number of aliphatic hydroxyl groups excluding tert-OH is 1. The Hall–Kier alpha value is -1.66. The van der Waals surface area contributed by atoms with Crippen LogP contribution in [0.1, 0.15) is 26.5 Å². The molecule has 0 unspecified atom stereocenters. The molecule has 2 rings (SSSR count). The topological polar surface area (TPSA) is 88.7 Å². The molecule has 0 aromatic carbocycles. The number of nitrogens with two attached hydrogens (primary N) is 1. The molecule has 1 aromatic heterocycles. The highest BCUT2D eigenvalue weighted by molar-refractivity contribution is 5.69. The number of rotatable bonds is 2. The van der Waals surface area contributed by atoms with Gasteiger partial charge in [0, 0.05) is 31.8 Å². The number of carbonyl (C=O) groups is 1. The maximum atomic E-state index is 12.2. The lowest BCUT2D eigenvalue weighted by molar-refractivity contribution is 0.0279. The Morgan fingerprint density at radius 2 is 2.29 bits per heavy atom. The molecule has 2 atom stereocenters. The van der Waals surface area contributed by atoms with Gasteiger partial charge in [0.25, 0.3) is 0 Å². The highest BCUT2D eigenvalue weighted by atomic mass is 16.6. The summed E-state index contributed by atoms with van der Waals surface area (Å²) in [4.78, 5) is 18.0. The number of carbonyl (C=O) groups excluding carboxylic acids is 1. The van der Waals surface area contributed by atoms with Crippen LogP contribution in [0.15, 0.2) is 24.4 Å². The Balaban J connectivity index is 2.20. The predicted molar refractivity (Wildman–Crippen MR) is 78.5 cm³/mol. The first-order valence-corrected chi connectivity index (χ1v) is 7.05. The van der Waals surface area contributed by atoms with Gasteiger partial charge in [0.05, 0.1) is 11.2 Å². The maximum absolute atomic E-state index is 12.2. The first-order valence-electron chi connectivity index (χ1n) is 7.05. The molecule has 2 heterocycles. The average molecular weight is 293 g/mol. The van der Waals surface area contributed by atoms with E-state index in [-0.39, 0.29) is 19.1 Å². The van der Waals surface area contributed by atoms with Crippen molar-refractivity contribution >= 4 is 6.09 Å². The van der Waals surface area contributed by atoms with Crippen LogP contribution >= 0.6 is 0 Å². The van der Waals surface area contributed by atoms with Gasteiger partial charge in [0.1, 0.15) is 5.60 Å². The molecule has 3 N–H and O–H groups in total. The predicted octanol–water partition coefficient (Wildman–Crippen LogP) is 1.09. The van der Waals surface area contributed by atoms with E-state index in [1.807, 2.05) is 32.9 Å². The molecule has 21 heavy (non-hydrogen) atoms. The fourth-order valence-electron chi connectivity index (χ4n) is 2.55. The standard InChI is InChI=1S/C15H23N3O3/c1-14(2,3)21-13(20)18-8-11(9-19)15(16,10-18)12-6-4-5-7-17-12/h4-7,11,19H,8-10,16H2,1-3H3/t11-,15-/m0/s1. The summed E-state index contributed by atoms with van der Waals surface area (Å²) >= 11 is 0. The maximum Gasteiger partial charge on any atom is 0.410 e. The highest BCUT2D eigenvalue weighted by Gasteiger charge is 2.48. The Morgan fingerprint density at radius 1 is 1.57 bits per heavy atom. The molecule has 0 bridgehead atoms. The Kier molecular flexibility index (Phi) is 4.20. The Labute approximate surface area is 124 Å². The molecule has 1 aromatic rings. The fraction of sp³-hybridized carbons (Fsp3) is 0.600. The lowest BCUT2D eigenvalue weighted by Gasteiger charge is -2.28. The van der Waals surface area contributed by atoms with Crippen LogP contribution in [0.25, 0.3) is 0 Å². The third kappa shape index (κ3) is 3.33. The molecule has 6 nitrogen and oxygen atoms in total. The third-order valence-corrected chi connectivity index (χ3v) is 3.64. The van der Waals surface area contributed by atoms with Crippen LogP contribution in [-0.4, -0.2) is 46.4 Å². The van der Waals surface area contributed by atoms with Crippen molar-refractivity contribution in [1.29, 1.82) is 0 Å². The summed E-state index contributed by atoms with van der Waals surface area (Å²) in [5.74, 6) is -0.264. The van der Waals surface area contributed by atoms with E-state index in [0.29, 0.717) is 12.2 Å². The van der Waals surface area contributed by atoms with Crippen LogP contribution in [0.5, 0.6) is 0 Å². The molecular weight excluding hydrogens is 270 g/mol. The minimum Gasteiger partial charge on any atom is -0.444 e. The van der Waals surface area contributed by atoms with Crippen molar-refractivity contribution in [3.63, 3.8) is 0 Å². The van der Waals surface area contributed by atoms with Gasteiger partial charge < -0.3 is 20.5 Å². The van der Waals surface area contributed by atoms with Gasteiger partial charge in [0.15, 0.2) is 0 Å². The van der Waals surface area contributed by atoms with E-state index in [0.717, 1.165) is 0 Å². The number of nitrogens with zero attached hydrogens (tertiary/aromatic N) is 2. The molecular formula is C15H23N3O3. The fourth-order valence-corrected chi connectivity index (χ4v) is 2.55. The second kappa shape index (κ2) is 5.61. The molecule has 1 amide bonds. The highest BCUT2D eigenvalue weighted by Crippen LogP contribution is 2.34. The molecule has 0 aliphatic carbocycles. The van der Waals surface area contributed by atoms with Crippen molar-refractivity contribution in [2.24, 2.45) is 11.7 Å². The normalized spacial score (nSPS) is 26.0. The van der Waals surface area contributed by atoms with Crippen LogP contribution in [0.4, 0.5) is 4.79 Å². The lowest BCUT2D eigenvalue weighted by Crippen LogP contribution is -2.47. The number of hydrogen-bond acceptors (Lipinski definition) is 5. The summed E-state index contributed by atoms with van der Waals surface area (Å²) in [5, 5.41) is 9.61. The van der Waals surface area contributed by atoms with Crippen molar-refractivity contribution < 1.29 is 14.6 Å². The SMILES string of the molecule is CC(C)(C)OC(=O)N1C[C@@H](CO)[C@](N)(c2ccccn2)C1. The zero-order valence-electron chi connectivity index (χ0n) is 12.7. The Bertz CT molecular complexity index is 501. The van der Waals surface area contributed by atoms with Crippen LogP contribution in [-0.2, 0) is 10.3 Å². The van der Waals surface area contributed by atoms with E-state index in [9.17, 15) is 9.90 Å². The zero-order chi connectivity index (χ0) is 15.7. The van der Waals surface area contributed by atoms with E-state index < -0.39 is 17.2 Å². The van der Waals surface area contributed by atoms with E-state index in [4.69, 9.17) is 10.5 Å². The molecule has 1 aliphatic rings. The molecule has 1 fully saturated rings. The molecule has 0 radical (unpaired) electrons. The lowest BCUT2D eigenvalue weighted by atomic mass is 9.85. The van der Waals surface area contributed by atoms with Crippen LogP contribution in [0.3, 0.4) is 0 Å². The van der Waals surface area contributed by atoms with Crippen molar-refractivity contribution in [3.05, 3.63) is 30.1 Å². The third-order valence-electron chi connectivity index (χ3n) is 3.64. The van der Waals surface area contributed by atoms with Crippen molar-refractivity contribution in [2.45, 2.75) is 31.9 Å². The smallest absolute Gasteiger partial charge is 0.410 e. The molecule has 6 heteroatoms. The van der Waals surface area contributed by atoms with E-state index >= 15 is 0 Å². The van der Waals surface area contributed by atoms with Crippen molar-refractivity contribution in [2.75, 3.05) is 19.7 Å². The van der Waals surface area contributed by atoms with Gasteiger partial charge in [-0.2, -0.15) is 0 Å². The van der Waals surface area contributed by atoms with E-state index in [2.05, 4.69) is 4.98 Å². The quantitative estimate of drug-likeness (QED) is 0.852. The van der Waals surface area contributed by atoms with Gasteiger partial charge in [-0.25, -0.2) is 4.79 Å². The first kappa shape index (κ1) is 15.7. The van der Waals surface area contributed by atoms with E-state index in [1.54, 1.807) is 17.2 Å².